The molecule has 0 bridgehead atoms. The summed E-state index contributed by atoms with van der Waals surface area (Å²) in [6.07, 6.45) is 11.3. The number of unbranched alkanes of at least 4 members (excludes halogenated alkanes) is 1. The van der Waals surface area contributed by atoms with Crippen LogP contribution < -0.4 is 0 Å². The highest BCUT2D eigenvalue weighted by atomic mass is 16.5. The van der Waals surface area contributed by atoms with Crippen molar-refractivity contribution in [3.63, 3.8) is 0 Å². The van der Waals surface area contributed by atoms with Crippen LogP contribution in [0.25, 0.3) is 0 Å². The molecular formula is C17H22O. The number of benzene rings is 1. The Morgan fingerprint density at radius 2 is 2.22 bits per heavy atom. The third-order valence-corrected chi connectivity index (χ3v) is 4.49. The Balaban J connectivity index is 2.07. The lowest BCUT2D eigenvalue weighted by Gasteiger charge is -2.45. The zero-order chi connectivity index (χ0) is 12.4. The number of rotatable bonds is 3. The van der Waals surface area contributed by atoms with Crippen molar-refractivity contribution in [3.8, 4) is 0 Å². The van der Waals surface area contributed by atoms with Crippen LogP contribution in [0.1, 0.15) is 50.2 Å². The summed E-state index contributed by atoms with van der Waals surface area (Å²) in [7, 11) is 0. The Hall–Kier alpha value is -1.08. The van der Waals surface area contributed by atoms with Crippen molar-refractivity contribution in [3.05, 3.63) is 47.5 Å². The van der Waals surface area contributed by atoms with Crippen molar-refractivity contribution in [1.29, 1.82) is 0 Å². The van der Waals surface area contributed by atoms with Gasteiger partial charge in [0, 0.05) is 5.41 Å². The molecule has 1 aromatic rings. The molecule has 0 amide bonds. The van der Waals surface area contributed by atoms with Crippen LogP contribution in [-0.2, 0) is 16.8 Å². The molecule has 0 spiro atoms. The van der Waals surface area contributed by atoms with Crippen molar-refractivity contribution >= 4 is 0 Å². The first-order chi connectivity index (χ1) is 8.87. The van der Waals surface area contributed by atoms with Gasteiger partial charge in [-0.15, -0.1) is 0 Å². The van der Waals surface area contributed by atoms with Crippen LogP contribution in [0.15, 0.2) is 36.4 Å². The Kier molecular flexibility index (Phi) is 3.25. The van der Waals surface area contributed by atoms with E-state index < -0.39 is 0 Å². The summed E-state index contributed by atoms with van der Waals surface area (Å²) in [5, 5.41) is 0. The molecule has 3 rings (SSSR count). The fourth-order valence-corrected chi connectivity index (χ4v) is 3.54. The molecule has 0 aromatic heterocycles. The zero-order valence-electron chi connectivity index (χ0n) is 11.2. The number of fused-ring (bicyclic) bond motifs is 3. The van der Waals surface area contributed by atoms with E-state index in [0.717, 1.165) is 6.61 Å². The number of allylic oxidation sites excluding steroid dienone is 1. The minimum atomic E-state index is 0.156. The molecule has 0 fully saturated rings. The Bertz CT molecular complexity index is 449. The Morgan fingerprint density at radius 3 is 3.11 bits per heavy atom. The second-order valence-electron chi connectivity index (χ2n) is 5.58. The van der Waals surface area contributed by atoms with Crippen molar-refractivity contribution in [2.45, 2.75) is 57.2 Å². The first-order valence-corrected chi connectivity index (χ1v) is 7.24. The quantitative estimate of drug-likeness (QED) is 0.715. The van der Waals surface area contributed by atoms with Crippen molar-refractivity contribution in [2.75, 3.05) is 0 Å². The maximum atomic E-state index is 6.16. The van der Waals surface area contributed by atoms with E-state index in [-0.39, 0.29) is 5.41 Å². The number of ether oxygens (including phenoxy) is 1. The second-order valence-corrected chi connectivity index (χ2v) is 5.58. The summed E-state index contributed by atoms with van der Waals surface area (Å²) < 4.78 is 6.16. The fraction of sp³-hybridized carbons (Fsp3) is 0.529. The highest BCUT2D eigenvalue weighted by molar-refractivity contribution is 5.42. The van der Waals surface area contributed by atoms with E-state index in [0.29, 0.717) is 6.10 Å². The minimum absolute atomic E-state index is 0.156. The molecule has 1 aliphatic carbocycles. The van der Waals surface area contributed by atoms with Crippen LogP contribution in [0.5, 0.6) is 0 Å². The van der Waals surface area contributed by atoms with Crippen LogP contribution in [0, 0.1) is 0 Å². The van der Waals surface area contributed by atoms with E-state index in [9.17, 15) is 0 Å². The molecule has 2 atom stereocenters. The average molecular weight is 242 g/mol. The molecule has 96 valence electrons. The molecule has 1 aromatic carbocycles. The lowest BCUT2D eigenvalue weighted by molar-refractivity contribution is -0.0277. The minimum Gasteiger partial charge on any atom is -0.372 e. The molecular weight excluding hydrogens is 220 g/mol. The maximum absolute atomic E-state index is 6.16. The monoisotopic (exact) mass is 242 g/mol. The van der Waals surface area contributed by atoms with Gasteiger partial charge in [-0.1, -0.05) is 56.2 Å². The van der Waals surface area contributed by atoms with E-state index in [1.165, 1.54) is 43.2 Å². The van der Waals surface area contributed by atoms with Gasteiger partial charge >= 0.3 is 0 Å². The Labute approximate surface area is 110 Å². The highest BCUT2D eigenvalue weighted by Crippen LogP contribution is 2.45. The molecule has 1 aliphatic heterocycles. The lowest BCUT2D eigenvalue weighted by atomic mass is 9.66. The molecule has 0 saturated heterocycles. The van der Waals surface area contributed by atoms with E-state index in [2.05, 4.69) is 43.3 Å². The van der Waals surface area contributed by atoms with E-state index in [1.807, 2.05) is 0 Å². The van der Waals surface area contributed by atoms with E-state index in [1.54, 1.807) is 0 Å². The third kappa shape index (κ3) is 1.81. The maximum Gasteiger partial charge on any atom is 0.0724 e. The van der Waals surface area contributed by atoms with Gasteiger partial charge in [-0.05, 0) is 30.4 Å². The van der Waals surface area contributed by atoms with Gasteiger partial charge in [-0.25, -0.2) is 0 Å². The van der Waals surface area contributed by atoms with Crippen LogP contribution in [0.2, 0.25) is 0 Å². The summed E-state index contributed by atoms with van der Waals surface area (Å²) in [6.45, 7) is 3.07. The number of hydrogen-bond acceptors (Lipinski definition) is 1. The van der Waals surface area contributed by atoms with Crippen LogP contribution in [0.4, 0.5) is 0 Å². The Morgan fingerprint density at radius 1 is 1.33 bits per heavy atom. The molecule has 2 aliphatic rings. The van der Waals surface area contributed by atoms with Gasteiger partial charge in [0.25, 0.3) is 0 Å². The van der Waals surface area contributed by atoms with Crippen LogP contribution in [-0.4, -0.2) is 6.10 Å². The standard InChI is InChI=1S/C17H22O/c1-2-3-11-17-12-7-6-10-16(17)18-13-14-8-4-5-9-15(14)17/h4-5,7-9,12,16H,2-3,6,10-11,13H2,1H3/t16-,17+/m0/s1. The van der Waals surface area contributed by atoms with Gasteiger partial charge in [0.15, 0.2) is 0 Å². The van der Waals surface area contributed by atoms with E-state index in [4.69, 9.17) is 4.74 Å². The summed E-state index contributed by atoms with van der Waals surface area (Å²) in [6, 6.07) is 8.85. The molecule has 1 nitrogen and oxygen atoms in total. The average Bonchev–Trinajstić information content (AvgIpc) is 2.45. The second kappa shape index (κ2) is 4.89. The molecule has 1 heteroatoms. The van der Waals surface area contributed by atoms with Crippen molar-refractivity contribution in [1.82, 2.24) is 0 Å². The lowest BCUT2D eigenvalue weighted by Crippen LogP contribution is -2.45. The summed E-state index contributed by atoms with van der Waals surface area (Å²) in [4.78, 5) is 0. The molecule has 0 unspecified atom stereocenters. The molecule has 18 heavy (non-hydrogen) atoms. The fourth-order valence-electron chi connectivity index (χ4n) is 3.54. The molecule has 0 radical (unpaired) electrons. The molecule has 1 heterocycles. The first-order valence-electron chi connectivity index (χ1n) is 7.24. The van der Waals surface area contributed by atoms with Gasteiger partial charge in [0.05, 0.1) is 12.7 Å². The van der Waals surface area contributed by atoms with Gasteiger partial charge in [0.2, 0.25) is 0 Å². The highest BCUT2D eigenvalue weighted by Gasteiger charge is 2.43. The molecule has 0 saturated carbocycles. The topological polar surface area (TPSA) is 9.23 Å². The molecule has 0 N–H and O–H groups in total. The van der Waals surface area contributed by atoms with Gasteiger partial charge in [0.1, 0.15) is 0 Å². The SMILES string of the molecule is CCCC[C@]12C=CCC[C@@H]1OCc1ccccc12. The normalized spacial score (nSPS) is 29.7. The van der Waals surface area contributed by atoms with Crippen LogP contribution in [0.3, 0.4) is 0 Å². The number of hydrogen-bond donors (Lipinski definition) is 0. The third-order valence-electron chi connectivity index (χ3n) is 4.49. The predicted molar refractivity (Wildman–Crippen MR) is 74.6 cm³/mol. The van der Waals surface area contributed by atoms with Gasteiger partial charge in [-0.2, -0.15) is 0 Å². The first kappa shape index (κ1) is 12.0. The summed E-state index contributed by atoms with van der Waals surface area (Å²) in [5.74, 6) is 0. The summed E-state index contributed by atoms with van der Waals surface area (Å²) >= 11 is 0. The van der Waals surface area contributed by atoms with Crippen molar-refractivity contribution < 1.29 is 4.74 Å². The van der Waals surface area contributed by atoms with Crippen molar-refractivity contribution in [2.24, 2.45) is 0 Å². The predicted octanol–water partition coefficient (Wildman–Crippen LogP) is 4.36. The smallest absolute Gasteiger partial charge is 0.0724 e. The van der Waals surface area contributed by atoms with Gasteiger partial charge < -0.3 is 4.74 Å². The largest absolute Gasteiger partial charge is 0.372 e. The zero-order valence-corrected chi connectivity index (χ0v) is 11.2. The van der Waals surface area contributed by atoms with Gasteiger partial charge in [-0.3, -0.25) is 0 Å². The summed E-state index contributed by atoms with van der Waals surface area (Å²) in [5.41, 5.74) is 3.06. The van der Waals surface area contributed by atoms with Crippen LogP contribution >= 0.6 is 0 Å². The van der Waals surface area contributed by atoms with E-state index >= 15 is 0 Å².